The quantitative estimate of drug-likeness (QED) is 0.723. The normalized spacial score (nSPS) is 21.5. The van der Waals surface area contributed by atoms with Crippen molar-refractivity contribution in [3.05, 3.63) is 0 Å². The molecular formula is C16H29N3O3. The van der Waals surface area contributed by atoms with E-state index in [1.165, 1.54) is 0 Å². The van der Waals surface area contributed by atoms with Crippen LogP contribution in [0.2, 0.25) is 0 Å². The molecule has 0 N–H and O–H groups in total. The van der Waals surface area contributed by atoms with Crippen molar-refractivity contribution in [3.63, 3.8) is 0 Å². The zero-order chi connectivity index (χ0) is 16.1. The molecule has 0 saturated carbocycles. The highest BCUT2D eigenvalue weighted by Crippen LogP contribution is 2.22. The van der Waals surface area contributed by atoms with Crippen LogP contribution >= 0.6 is 0 Å². The molecule has 0 atom stereocenters. The van der Waals surface area contributed by atoms with Gasteiger partial charge in [-0.1, -0.05) is 0 Å². The Bertz CT molecular complexity index is 392. The lowest BCUT2D eigenvalue weighted by atomic mass is 10.0. The number of rotatable bonds is 5. The smallest absolute Gasteiger partial charge is 0.325 e. The summed E-state index contributed by atoms with van der Waals surface area (Å²) >= 11 is 0. The first-order valence-corrected chi connectivity index (χ1v) is 8.48. The Morgan fingerprint density at radius 1 is 1.23 bits per heavy atom. The Hall–Kier alpha value is -1.30. The summed E-state index contributed by atoms with van der Waals surface area (Å²) in [4.78, 5) is 30.3. The minimum absolute atomic E-state index is 0.00213. The molecule has 6 heteroatoms. The van der Waals surface area contributed by atoms with Gasteiger partial charge in [0.15, 0.2) is 0 Å². The Morgan fingerprint density at radius 3 is 2.50 bits per heavy atom. The van der Waals surface area contributed by atoms with Crippen LogP contribution in [0.3, 0.4) is 0 Å². The third-order valence-corrected chi connectivity index (χ3v) is 4.64. The summed E-state index contributed by atoms with van der Waals surface area (Å²) < 4.78 is 4.96. The van der Waals surface area contributed by atoms with Gasteiger partial charge in [0.1, 0.15) is 6.54 Å². The van der Waals surface area contributed by atoms with Gasteiger partial charge in [0.2, 0.25) is 0 Å². The molecule has 2 saturated heterocycles. The maximum Gasteiger partial charge on any atom is 0.325 e. The molecule has 0 unspecified atom stereocenters. The molecule has 0 aromatic heterocycles. The van der Waals surface area contributed by atoms with E-state index in [1.54, 1.807) is 11.8 Å². The van der Waals surface area contributed by atoms with Crippen LogP contribution in [0.25, 0.3) is 0 Å². The Balaban J connectivity index is 1.89. The molecular weight excluding hydrogens is 282 g/mol. The van der Waals surface area contributed by atoms with Crippen LogP contribution < -0.4 is 0 Å². The van der Waals surface area contributed by atoms with Crippen molar-refractivity contribution in [2.45, 2.75) is 52.1 Å². The first kappa shape index (κ1) is 17.1. The fraction of sp³-hybridized carbons (Fsp3) is 0.875. The zero-order valence-corrected chi connectivity index (χ0v) is 14.1. The lowest BCUT2D eigenvalue weighted by Crippen LogP contribution is -2.57. The number of carbonyl (C=O) groups excluding carboxylic acids is 2. The molecule has 2 rings (SSSR count). The summed E-state index contributed by atoms with van der Waals surface area (Å²) in [5.74, 6) is -0.313. The molecule has 0 spiro atoms. The number of urea groups is 1. The van der Waals surface area contributed by atoms with Gasteiger partial charge < -0.3 is 19.4 Å². The van der Waals surface area contributed by atoms with Gasteiger partial charge in [-0.2, -0.15) is 0 Å². The summed E-state index contributed by atoms with van der Waals surface area (Å²) in [6.07, 6.45) is 2.98. The zero-order valence-electron chi connectivity index (χ0n) is 14.1. The number of amides is 2. The third-order valence-electron chi connectivity index (χ3n) is 4.64. The van der Waals surface area contributed by atoms with Crippen molar-refractivity contribution in [3.8, 4) is 0 Å². The van der Waals surface area contributed by atoms with Crippen molar-refractivity contribution >= 4 is 12.0 Å². The molecule has 0 radical (unpaired) electrons. The van der Waals surface area contributed by atoms with Crippen molar-refractivity contribution in [2.75, 3.05) is 39.3 Å². The Morgan fingerprint density at radius 2 is 1.91 bits per heavy atom. The average Bonchev–Trinajstić information content (AvgIpc) is 2.50. The molecule has 2 amide bonds. The number of ether oxygens (including phenoxy) is 1. The predicted octanol–water partition coefficient (Wildman–Crippen LogP) is 1.55. The molecule has 2 heterocycles. The second kappa shape index (κ2) is 7.81. The molecule has 2 fully saturated rings. The molecule has 0 bridgehead atoms. The molecule has 2 aliphatic heterocycles. The van der Waals surface area contributed by atoms with Crippen LogP contribution in [-0.2, 0) is 9.53 Å². The van der Waals surface area contributed by atoms with Gasteiger partial charge in [-0.05, 0) is 40.0 Å². The molecule has 6 nitrogen and oxygen atoms in total. The monoisotopic (exact) mass is 311 g/mol. The van der Waals surface area contributed by atoms with Crippen molar-refractivity contribution in [1.82, 2.24) is 14.7 Å². The van der Waals surface area contributed by atoms with Gasteiger partial charge in [-0.3, -0.25) is 4.79 Å². The molecule has 0 aromatic rings. The maximum absolute atomic E-state index is 12.6. The SMILES string of the molecule is CCOC(=O)CN1CCCN(C2CCN(C(C)C)CC2)C1=O. The number of likely N-dealkylation sites (tertiary alicyclic amines) is 1. The second-order valence-electron chi connectivity index (χ2n) is 6.42. The van der Waals surface area contributed by atoms with E-state index < -0.39 is 0 Å². The highest BCUT2D eigenvalue weighted by molar-refractivity contribution is 5.81. The summed E-state index contributed by atoms with van der Waals surface area (Å²) in [6, 6.07) is 0.883. The van der Waals surface area contributed by atoms with Crippen LogP contribution in [0.4, 0.5) is 4.79 Å². The second-order valence-corrected chi connectivity index (χ2v) is 6.42. The third kappa shape index (κ3) is 4.12. The summed E-state index contributed by atoms with van der Waals surface area (Å²) in [5, 5.41) is 0. The van der Waals surface area contributed by atoms with Crippen LogP contribution in [0, 0.1) is 0 Å². The Kier molecular flexibility index (Phi) is 6.06. The van der Waals surface area contributed by atoms with E-state index in [0.717, 1.165) is 38.9 Å². The number of piperidine rings is 1. The number of esters is 1. The van der Waals surface area contributed by atoms with E-state index in [0.29, 0.717) is 25.2 Å². The van der Waals surface area contributed by atoms with Gasteiger partial charge in [-0.15, -0.1) is 0 Å². The van der Waals surface area contributed by atoms with E-state index in [2.05, 4.69) is 18.7 Å². The summed E-state index contributed by atoms with van der Waals surface area (Å²) in [7, 11) is 0. The lowest BCUT2D eigenvalue weighted by Gasteiger charge is -2.43. The molecule has 126 valence electrons. The van der Waals surface area contributed by atoms with Crippen LogP contribution in [-0.4, -0.2) is 78.1 Å². The molecule has 0 aliphatic carbocycles. The number of hydrogen-bond acceptors (Lipinski definition) is 4. The van der Waals surface area contributed by atoms with E-state index >= 15 is 0 Å². The Labute approximate surface area is 133 Å². The fourth-order valence-corrected chi connectivity index (χ4v) is 3.37. The van der Waals surface area contributed by atoms with E-state index in [-0.39, 0.29) is 18.5 Å². The van der Waals surface area contributed by atoms with Gasteiger partial charge in [0, 0.05) is 38.3 Å². The van der Waals surface area contributed by atoms with Gasteiger partial charge in [0.25, 0.3) is 0 Å². The minimum atomic E-state index is -0.313. The van der Waals surface area contributed by atoms with E-state index in [1.807, 2.05) is 4.90 Å². The highest BCUT2D eigenvalue weighted by Gasteiger charge is 2.34. The molecule has 22 heavy (non-hydrogen) atoms. The summed E-state index contributed by atoms with van der Waals surface area (Å²) in [5.41, 5.74) is 0. The van der Waals surface area contributed by atoms with E-state index in [4.69, 9.17) is 4.74 Å². The predicted molar refractivity (Wildman–Crippen MR) is 84.7 cm³/mol. The molecule has 0 aromatic carbocycles. The highest BCUT2D eigenvalue weighted by atomic mass is 16.5. The minimum Gasteiger partial charge on any atom is -0.465 e. The van der Waals surface area contributed by atoms with Gasteiger partial charge in [0.05, 0.1) is 6.61 Å². The first-order valence-electron chi connectivity index (χ1n) is 8.48. The number of carbonyl (C=O) groups is 2. The lowest BCUT2D eigenvalue weighted by molar-refractivity contribution is -0.144. The maximum atomic E-state index is 12.6. The topological polar surface area (TPSA) is 53.1 Å². The fourth-order valence-electron chi connectivity index (χ4n) is 3.37. The number of hydrogen-bond donors (Lipinski definition) is 0. The standard InChI is InChI=1S/C16H29N3O3/c1-4-22-15(20)12-18-8-5-9-19(16(18)21)14-6-10-17(11-7-14)13(2)3/h13-14H,4-12H2,1-3H3. The van der Waals surface area contributed by atoms with Crippen molar-refractivity contribution in [1.29, 1.82) is 0 Å². The van der Waals surface area contributed by atoms with Crippen LogP contribution in [0.5, 0.6) is 0 Å². The van der Waals surface area contributed by atoms with Gasteiger partial charge in [-0.25, -0.2) is 4.79 Å². The molecule has 2 aliphatic rings. The average molecular weight is 311 g/mol. The van der Waals surface area contributed by atoms with Crippen LogP contribution in [0.15, 0.2) is 0 Å². The van der Waals surface area contributed by atoms with Crippen LogP contribution in [0.1, 0.15) is 40.0 Å². The van der Waals surface area contributed by atoms with Crippen molar-refractivity contribution < 1.29 is 14.3 Å². The summed E-state index contributed by atoms with van der Waals surface area (Å²) in [6.45, 7) is 10.2. The first-order chi connectivity index (χ1) is 10.5. The van der Waals surface area contributed by atoms with Crippen molar-refractivity contribution in [2.24, 2.45) is 0 Å². The number of nitrogens with zero attached hydrogens (tertiary/aromatic N) is 3. The largest absolute Gasteiger partial charge is 0.465 e. The van der Waals surface area contributed by atoms with E-state index in [9.17, 15) is 9.59 Å². The van der Waals surface area contributed by atoms with Gasteiger partial charge >= 0.3 is 12.0 Å².